The Hall–Kier alpha value is -0.780. The molecule has 0 atom stereocenters. The molecule has 0 radical (unpaired) electrons. The van der Waals surface area contributed by atoms with E-state index in [1.807, 2.05) is 13.8 Å². The van der Waals surface area contributed by atoms with Crippen LogP contribution in [-0.2, 0) is 43.4 Å². The second-order valence-electron chi connectivity index (χ2n) is 3.41. The van der Waals surface area contributed by atoms with Crippen LogP contribution in [0.2, 0.25) is 0 Å². The Balaban J connectivity index is -0.000000102. The molecule has 0 unspecified atom stereocenters. The lowest BCUT2D eigenvalue weighted by molar-refractivity contribution is -0.178. The molecule has 22 heavy (non-hydrogen) atoms. The minimum atomic E-state index is -1.53. The van der Waals surface area contributed by atoms with Gasteiger partial charge in [0, 0.05) is 28.4 Å². The highest BCUT2D eigenvalue weighted by Gasteiger charge is 2.11. The van der Waals surface area contributed by atoms with Crippen molar-refractivity contribution in [3.63, 3.8) is 0 Å². The van der Waals surface area contributed by atoms with Crippen molar-refractivity contribution >= 4 is 17.5 Å². The Labute approximate surface area is 136 Å². The number of hydrogen-bond donors (Lipinski definition) is 0. The molecule has 10 heteroatoms. The fourth-order valence-electron chi connectivity index (χ4n) is 0.235. The lowest BCUT2D eigenvalue weighted by atomic mass is 10.4. The van der Waals surface area contributed by atoms with Gasteiger partial charge in [0.25, 0.3) is 0 Å². The van der Waals surface area contributed by atoms with Gasteiger partial charge < -0.3 is 23.7 Å². The Morgan fingerprint density at radius 3 is 1.05 bits per heavy atom. The van der Waals surface area contributed by atoms with E-state index in [1.54, 1.807) is 28.4 Å². The van der Waals surface area contributed by atoms with E-state index in [0.29, 0.717) is 0 Å². The number of carbonyl (C=O) groups excluding carboxylic acids is 1. The molecule has 0 heterocycles. The lowest BCUT2D eigenvalue weighted by Crippen LogP contribution is -2.24. The van der Waals surface area contributed by atoms with E-state index in [-0.39, 0.29) is 0 Å². The maximum Gasteiger partial charge on any atom is 0.507 e. The van der Waals surface area contributed by atoms with Crippen LogP contribution in [0.1, 0.15) is 13.8 Å². The molecule has 0 saturated heterocycles. The Morgan fingerprint density at radius 1 is 0.773 bits per heavy atom. The number of hydrogen-bond acceptors (Lipinski definition) is 9. The predicted molar refractivity (Wildman–Crippen MR) is 82.6 cm³/mol. The topological polar surface area (TPSA) is 98.8 Å². The third-order valence-electron chi connectivity index (χ3n) is 1.59. The molecule has 0 aromatic heterocycles. The Bertz CT molecular complexity index is 213. The van der Waals surface area contributed by atoms with Gasteiger partial charge in [-0.05, 0) is 13.8 Å². The van der Waals surface area contributed by atoms with E-state index < -0.39 is 23.3 Å². The molecule has 0 bridgehead atoms. The number of ether oxygens (including phenoxy) is 5. The van der Waals surface area contributed by atoms with Crippen LogP contribution in [0.3, 0.4) is 0 Å². The fourth-order valence-corrected chi connectivity index (χ4v) is 0.371. The summed E-state index contributed by atoms with van der Waals surface area (Å²) in [5.41, 5.74) is 0. The van der Waals surface area contributed by atoms with Crippen molar-refractivity contribution in [2.75, 3.05) is 56.9 Å². The summed E-state index contributed by atoms with van der Waals surface area (Å²) in [6.45, 7) is 3.71. The van der Waals surface area contributed by atoms with E-state index in [2.05, 4.69) is 22.6 Å². The highest BCUT2D eigenvalue weighted by molar-refractivity contribution is 7.75. The molecular weight excluding hydrogens is 320 g/mol. The minimum Gasteiger partial charge on any atom is -0.438 e. The van der Waals surface area contributed by atoms with E-state index in [0.717, 1.165) is 0 Å². The zero-order valence-electron chi connectivity index (χ0n) is 15.1. The molecule has 0 N–H and O–H groups in total. The van der Waals surface area contributed by atoms with Crippen LogP contribution in [0.4, 0.5) is 4.79 Å². The standard InChI is InChI=1S/C5H12O2.C3H6O3.C2H6O3S.C2H6O/c1-5(2,6-3)7-4;1-5-3(4)6-2;1-4-6(3)5-2;1-3-2/h1-4H3;2*1-2H3;1-2H3. The molecule has 0 rings (SSSR count). The van der Waals surface area contributed by atoms with Crippen molar-refractivity contribution in [2.24, 2.45) is 0 Å². The van der Waals surface area contributed by atoms with Crippen LogP contribution in [-0.4, -0.2) is 73.0 Å². The highest BCUT2D eigenvalue weighted by Crippen LogP contribution is 2.05. The van der Waals surface area contributed by atoms with Crippen LogP contribution in [0.15, 0.2) is 0 Å². The average Bonchev–Trinajstić information content (AvgIpc) is 2.55. The van der Waals surface area contributed by atoms with Crippen molar-refractivity contribution in [2.45, 2.75) is 19.6 Å². The first-order chi connectivity index (χ1) is 10.2. The minimum absolute atomic E-state index is 0.417. The molecule has 0 aliphatic carbocycles. The monoisotopic (exact) mass is 350 g/mol. The molecule has 0 aromatic carbocycles. The van der Waals surface area contributed by atoms with E-state index in [9.17, 15) is 9.00 Å². The summed E-state index contributed by atoms with van der Waals surface area (Å²) in [5.74, 6) is -0.417. The van der Waals surface area contributed by atoms with Gasteiger partial charge in [-0.2, -0.15) is 4.21 Å². The smallest absolute Gasteiger partial charge is 0.438 e. The van der Waals surface area contributed by atoms with Crippen molar-refractivity contribution in [3.05, 3.63) is 0 Å². The van der Waals surface area contributed by atoms with Gasteiger partial charge in [0.1, 0.15) is 0 Å². The van der Waals surface area contributed by atoms with Gasteiger partial charge in [-0.15, -0.1) is 0 Å². The summed E-state index contributed by atoms with van der Waals surface area (Å²) in [6, 6.07) is 0. The van der Waals surface area contributed by atoms with Gasteiger partial charge in [-0.25, -0.2) is 4.79 Å². The van der Waals surface area contributed by atoms with Crippen LogP contribution < -0.4 is 0 Å². The molecule has 0 amide bonds. The van der Waals surface area contributed by atoms with Crippen molar-refractivity contribution in [3.8, 4) is 0 Å². The van der Waals surface area contributed by atoms with Gasteiger partial charge >= 0.3 is 17.5 Å². The predicted octanol–water partition coefficient (Wildman–Crippen LogP) is 1.53. The zero-order valence-corrected chi connectivity index (χ0v) is 15.9. The SMILES string of the molecule is COC.COC(=O)OC.COC(C)(C)OC.COS(=O)OC. The maximum absolute atomic E-state index is 9.85. The first kappa shape index (κ1) is 29.3. The van der Waals surface area contributed by atoms with E-state index in [1.165, 1.54) is 28.4 Å². The van der Waals surface area contributed by atoms with Crippen LogP contribution in [0.25, 0.3) is 0 Å². The molecule has 0 aliphatic rings. The molecule has 0 aromatic rings. The normalized spacial score (nSPS) is 9.23. The van der Waals surface area contributed by atoms with Gasteiger partial charge in [0.15, 0.2) is 5.79 Å². The molecule has 0 aliphatic heterocycles. The summed E-state index contributed by atoms with van der Waals surface area (Å²) in [6.07, 6.45) is -0.657. The zero-order chi connectivity index (χ0) is 18.6. The Morgan fingerprint density at radius 2 is 1.05 bits per heavy atom. The van der Waals surface area contributed by atoms with Crippen molar-refractivity contribution in [1.29, 1.82) is 0 Å². The van der Waals surface area contributed by atoms with Gasteiger partial charge in [-0.1, -0.05) is 0 Å². The van der Waals surface area contributed by atoms with E-state index >= 15 is 0 Å². The van der Waals surface area contributed by atoms with Gasteiger partial charge in [-0.3, -0.25) is 8.37 Å². The summed E-state index contributed by atoms with van der Waals surface area (Å²) < 4.78 is 40.2. The molecule has 138 valence electrons. The van der Waals surface area contributed by atoms with Crippen molar-refractivity contribution in [1.82, 2.24) is 0 Å². The molecule has 0 saturated carbocycles. The summed E-state index contributed by atoms with van der Waals surface area (Å²) in [4.78, 5) is 9.74. The third kappa shape index (κ3) is 36.5. The van der Waals surface area contributed by atoms with Gasteiger partial charge in [0.2, 0.25) is 0 Å². The lowest BCUT2D eigenvalue weighted by Gasteiger charge is -2.19. The summed E-state index contributed by atoms with van der Waals surface area (Å²) in [7, 11) is 11.6. The largest absolute Gasteiger partial charge is 0.507 e. The maximum atomic E-state index is 9.85. The Kier molecular flexibility index (Phi) is 29.9. The molecule has 0 spiro atoms. The summed E-state index contributed by atoms with van der Waals surface area (Å²) in [5, 5.41) is 0. The van der Waals surface area contributed by atoms with Crippen LogP contribution in [0.5, 0.6) is 0 Å². The first-order valence-corrected chi connectivity index (χ1v) is 6.79. The van der Waals surface area contributed by atoms with Crippen LogP contribution in [0, 0.1) is 0 Å². The second-order valence-corrected chi connectivity index (χ2v) is 4.49. The number of carbonyl (C=O) groups is 1. The molecular formula is C12H30O9S. The average molecular weight is 350 g/mol. The summed E-state index contributed by atoms with van der Waals surface area (Å²) >= 11 is -1.53. The van der Waals surface area contributed by atoms with Gasteiger partial charge in [0.05, 0.1) is 28.4 Å². The second kappa shape index (κ2) is 22.5. The third-order valence-corrected chi connectivity index (χ3v) is 2.13. The molecule has 0 fully saturated rings. The van der Waals surface area contributed by atoms with E-state index in [4.69, 9.17) is 9.47 Å². The fraction of sp³-hybridized carbons (Fsp3) is 0.917. The first-order valence-electron chi connectivity index (χ1n) is 5.79. The quantitative estimate of drug-likeness (QED) is 0.552. The number of methoxy groups -OCH3 is 5. The molecule has 9 nitrogen and oxygen atoms in total. The van der Waals surface area contributed by atoms with Crippen molar-refractivity contribution < 1.29 is 41.1 Å². The highest BCUT2D eigenvalue weighted by atomic mass is 32.2. The number of rotatable bonds is 4. The van der Waals surface area contributed by atoms with Crippen LogP contribution >= 0.6 is 0 Å².